The van der Waals surface area contributed by atoms with Crippen LogP contribution in [-0.2, 0) is 4.79 Å². The van der Waals surface area contributed by atoms with Gasteiger partial charge in [-0.3, -0.25) is 9.59 Å². The zero-order chi connectivity index (χ0) is 15.7. The van der Waals surface area contributed by atoms with Crippen LogP contribution >= 0.6 is 0 Å². The third kappa shape index (κ3) is 2.99. The van der Waals surface area contributed by atoms with E-state index in [1.54, 1.807) is 24.3 Å². The van der Waals surface area contributed by atoms with Crippen molar-refractivity contribution in [2.45, 2.75) is 25.8 Å². The molecule has 2 N–H and O–H groups in total. The fraction of sp³-hybridized carbons (Fsp3) is 0.529. The molecule has 1 aliphatic carbocycles. The Kier molecular flexibility index (Phi) is 4.16. The zero-order valence-electron chi connectivity index (χ0n) is 12.8. The molecule has 5 heteroatoms. The van der Waals surface area contributed by atoms with Crippen molar-refractivity contribution in [1.82, 2.24) is 4.90 Å². The Hall–Kier alpha value is -1.88. The summed E-state index contributed by atoms with van der Waals surface area (Å²) in [5.41, 5.74) is 6.68. The maximum absolute atomic E-state index is 12.3. The van der Waals surface area contributed by atoms with Crippen molar-refractivity contribution in [2.75, 3.05) is 19.7 Å². The highest BCUT2D eigenvalue weighted by Crippen LogP contribution is 2.37. The molecule has 3 unspecified atom stereocenters. The van der Waals surface area contributed by atoms with Crippen LogP contribution in [0, 0.1) is 11.8 Å². The highest BCUT2D eigenvalue weighted by atomic mass is 16.5. The van der Waals surface area contributed by atoms with E-state index in [2.05, 4.69) is 0 Å². The molecule has 5 nitrogen and oxygen atoms in total. The van der Waals surface area contributed by atoms with E-state index < -0.39 is 0 Å². The molecular weight excluding hydrogens is 280 g/mol. The summed E-state index contributed by atoms with van der Waals surface area (Å²) < 4.78 is 5.55. The van der Waals surface area contributed by atoms with E-state index in [0.717, 1.165) is 25.9 Å². The highest BCUT2D eigenvalue weighted by molar-refractivity contribution is 5.94. The van der Waals surface area contributed by atoms with Crippen molar-refractivity contribution in [3.63, 3.8) is 0 Å². The quantitative estimate of drug-likeness (QED) is 0.855. The summed E-state index contributed by atoms with van der Waals surface area (Å²) in [5.74, 6) is 1.54. The monoisotopic (exact) mass is 302 g/mol. The molecule has 1 aliphatic heterocycles. The smallest absolute Gasteiger partial charge is 0.260 e. The fourth-order valence-electron chi connectivity index (χ4n) is 3.55. The standard InChI is InChI=1S/C17H22N2O3/c1-11(20)12-3-2-4-14(7-12)22-10-17(21)19-8-13-5-6-16(18)15(13)9-19/h2-4,7,13,15-16H,5-6,8-10,18H2,1H3. The Labute approximate surface area is 130 Å². The normalized spacial score (nSPS) is 26.8. The van der Waals surface area contributed by atoms with E-state index in [1.165, 1.54) is 6.92 Å². The number of amides is 1. The minimum absolute atomic E-state index is 0.00479. The molecule has 2 aliphatic rings. The molecular formula is C17H22N2O3. The lowest BCUT2D eigenvalue weighted by molar-refractivity contribution is -0.132. The van der Waals surface area contributed by atoms with Gasteiger partial charge in [0.2, 0.25) is 0 Å². The predicted octanol–water partition coefficient (Wildman–Crippen LogP) is 1.46. The number of carbonyl (C=O) groups is 2. The van der Waals surface area contributed by atoms with E-state index in [1.807, 2.05) is 4.90 Å². The molecule has 1 aromatic carbocycles. The van der Waals surface area contributed by atoms with Gasteiger partial charge >= 0.3 is 0 Å². The summed E-state index contributed by atoms with van der Waals surface area (Å²) in [6, 6.07) is 7.16. The van der Waals surface area contributed by atoms with Gasteiger partial charge in [0.15, 0.2) is 12.4 Å². The second kappa shape index (κ2) is 6.08. The second-order valence-electron chi connectivity index (χ2n) is 6.34. The SMILES string of the molecule is CC(=O)c1cccc(OCC(=O)N2CC3CCC(N)C3C2)c1. The lowest BCUT2D eigenvalue weighted by Gasteiger charge is -2.19. The number of fused-ring (bicyclic) bond motifs is 1. The summed E-state index contributed by atoms with van der Waals surface area (Å²) in [6.07, 6.45) is 2.20. The predicted molar refractivity (Wildman–Crippen MR) is 82.7 cm³/mol. The molecule has 0 bridgehead atoms. The topological polar surface area (TPSA) is 72.6 Å². The van der Waals surface area contributed by atoms with Gasteiger partial charge in [-0.1, -0.05) is 12.1 Å². The van der Waals surface area contributed by atoms with Crippen molar-refractivity contribution in [3.05, 3.63) is 29.8 Å². The van der Waals surface area contributed by atoms with Gasteiger partial charge in [-0.2, -0.15) is 0 Å². The van der Waals surface area contributed by atoms with Crippen LogP contribution in [0.2, 0.25) is 0 Å². The van der Waals surface area contributed by atoms with Crippen molar-refractivity contribution < 1.29 is 14.3 Å². The number of nitrogens with two attached hydrogens (primary N) is 1. The van der Waals surface area contributed by atoms with Crippen LogP contribution in [0.3, 0.4) is 0 Å². The van der Waals surface area contributed by atoms with Gasteiger partial charge in [0, 0.05) is 24.7 Å². The summed E-state index contributed by atoms with van der Waals surface area (Å²) in [7, 11) is 0. The number of ketones is 1. The number of rotatable bonds is 4. The Morgan fingerprint density at radius 2 is 2.14 bits per heavy atom. The van der Waals surface area contributed by atoms with Crippen LogP contribution in [0.1, 0.15) is 30.1 Å². The zero-order valence-corrected chi connectivity index (χ0v) is 12.8. The van der Waals surface area contributed by atoms with Crippen molar-refractivity contribution >= 4 is 11.7 Å². The highest BCUT2D eigenvalue weighted by Gasteiger charge is 2.42. The lowest BCUT2D eigenvalue weighted by atomic mass is 9.98. The molecule has 0 radical (unpaired) electrons. The van der Waals surface area contributed by atoms with Gasteiger partial charge in [-0.25, -0.2) is 0 Å². The molecule has 1 heterocycles. The minimum atomic E-state index is -0.0156. The summed E-state index contributed by atoms with van der Waals surface area (Å²) in [6.45, 7) is 3.07. The second-order valence-corrected chi connectivity index (χ2v) is 6.34. The summed E-state index contributed by atoms with van der Waals surface area (Å²) in [4.78, 5) is 25.5. The molecule has 0 aromatic heterocycles. The van der Waals surface area contributed by atoms with Crippen LogP contribution in [-0.4, -0.2) is 42.3 Å². The molecule has 3 atom stereocenters. The molecule has 1 saturated heterocycles. The molecule has 2 fully saturated rings. The molecule has 0 spiro atoms. The third-order valence-electron chi connectivity index (χ3n) is 4.87. The van der Waals surface area contributed by atoms with Crippen molar-refractivity contribution in [1.29, 1.82) is 0 Å². The van der Waals surface area contributed by atoms with Gasteiger partial charge in [-0.05, 0) is 43.7 Å². The first-order valence-corrected chi connectivity index (χ1v) is 7.82. The number of nitrogens with zero attached hydrogens (tertiary/aromatic N) is 1. The number of hydrogen-bond donors (Lipinski definition) is 1. The van der Waals surface area contributed by atoms with E-state index >= 15 is 0 Å². The number of carbonyl (C=O) groups excluding carboxylic acids is 2. The molecule has 118 valence electrons. The lowest BCUT2D eigenvalue weighted by Crippen LogP contribution is -2.36. The first-order chi connectivity index (χ1) is 10.5. The average Bonchev–Trinajstić information content (AvgIpc) is 3.08. The molecule has 22 heavy (non-hydrogen) atoms. The van der Waals surface area contributed by atoms with Crippen LogP contribution in [0.25, 0.3) is 0 Å². The average molecular weight is 302 g/mol. The van der Waals surface area contributed by atoms with E-state index in [-0.39, 0.29) is 24.3 Å². The van der Waals surface area contributed by atoms with Crippen molar-refractivity contribution in [3.8, 4) is 5.75 Å². The number of likely N-dealkylation sites (tertiary alicyclic amines) is 1. The van der Waals surface area contributed by atoms with Gasteiger partial charge in [0.05, 0.1) is 0 Å². The van der Waals surface area contributed by atoms with Crippen LogP contribution in [0.5, 0.6) is 5.75 Å². The Bertz CT molecular complexity index is 587. The number of benzene rings is 1. The molecule has 1 saturated carbocycles. The number of hydrogen-bond acceptors (Lipinski definition) is 4. The Balaban J connectivity index is 1.55. The minimum Gasteiger partial charge on any atom is -0.484 e. The first-order valence-electron chi connectivity index (χ1n) is 7.82. The van der Waals surface area contributed by atoms with E-state index in [4.69, 9.17) is 10.5 Å². The Morgan fingerprint density at radius 3 is 2.86 bits per heavy atom. The molecule has 1 aromatic rings. The first kappa shape index (κ1) is 15.0. The third-order valence-corrected chi connectivity index (χ3v) is 4.87. The van der Waals surface area contributed by atoms with Gasteiger partial charge < -0.3 is 15.4 Å². The maximum Gasteiger partial charge on any atom is 0.260 e. The van der Waals surface area contributed by atoms with Crippen LogP contribution in [0.4, 0.5) is 0 Å². The van der Waals surface area contributed by atoms with Gasteiger partial charge in [-0.15, -0.1) is 0 Å². The van der Waals surface area contributed by atoms with E-state index in [0.29, 0.717) is 23.1 Å². The van der Waals surface area contributed by atoms with Crippen molar-refractivity contribution in [2.24, 2.45) is 17.6 Å². The number of ether oxygens (including phenoxy) is 1. The molecule has 3 rings (SSSR count). The fourth-order valence-corrected chi connectivity index (χ4v) is 3.55. The summed E-state index contributed by atoms with van der Waals surface area (Å²) in [5, 5.41) is 0. The summed E-state index contributed by atoms with van der Waals surface area (Å²) >= 11 is 0. The van der Waals surface area contributed by atoms with E-state index in [9.17, 15) is 9.59 Å². The Morgan fingerprint density at radius 1 is 1.32 bits per heavy atom. The molecule has 1 amide bonds. The van der Waals surface area contributed by atoms with Crippen LogP contribution < -0.4 is 10.5 Å². The van der Waals surface area contributed by atoms with Gasteiger partial charge in [0.1, 0.15) is 5.75 Å². The largest absolute Gasteiger partial charge is 0.484 e. The van der Waals surface area contributed by atoms with Crippen LogP contribution in [0.15, 0.2) is 24.3 Å². The number of Topliss-reactive ketones (excluding diaryl/α,β-unsaturated/α-hetero) is 1. The van der Waals surface area contributed by atoms with Gasteiger partial charge in [0.25, 0.3) is 5.91 Å². The maximum atomic E-state index is 12.3.